The van der Waals surface area contributed by atoms with Crippen LogP contribution < -0.4 is 11.1 Å². The summed E-state index contributed by atoms with van der Waals surface area (Å²) in [5.74, 6) is 0.213. The topological polar surface area (TPSA) is 67.6 Å². The Bertz CT molecular complexity index is 350. The van der Waals surface area contributed by atoms with Crippen molar-refractivity contribution in [2.75, 3.05) is 32.8 Å². The molecule has 1 saturated carbocycles. The van der Waals surface area contributed by atoms with Gasteiger partial charge in [0.2, 0.25) is 5.91 Å². The maximum absolute atomic E-state index is 12.3. The van der Waals surface area contributed by atoms with Crippen LogP contribution in [0.15, 0.2) is 0 Å². The van der Waals surface area contributed by atoms with E-state index in [0.717, 1.165) is 58.5 Å². The van der Waals surface area contributed by atoms with Crippen LogP contribution in [0.1, 0.15) is 64.7 Å². The Hall–Kier alpha value is -0.650. The quantitative estimate of drug-likeness (QED) is 0.637. The Morgan fingerprint density at radius 3 is 2.48 bits per heavy atom. The zero-order chi connectivity index (χ0) is 16.5. The van der Waals surface area contributed by atoms with Gasteiger partial charge in [-0.3, -0.25) is 9.69 Å². The van der Waals surface area contributed by atoms with Gasteiger partial charge in [-0.25, -0.2) is 0 Å². The third-order valence-electron chi connectivity index (χ3n) is 5.65. The average Bonchev–Trinajstić information content (AvgIpc) is 3.06. The van der Waals surface area contributed by atoms with Crippen LogP contribution in [0.3, 0.4) is 0 Å². The van der Waals surface area contributed by atoms with Gasteiger partial charge in [-0.1, -0.05) is 25.7 Å². The molecule has 0 aromatic heterocycles. The summed E-state index contributed by atoms with van der Waals surface area (Å²) in [6, 6.07) is 0.222. The molecule has 2 aliphatic rings. The number of hydrogen-bond acceptors (Lipinski definition) is 4. The van der Waals surface area contributed by atoms with Crippen molar-refractivity contribution in [2.45, 2.75) is 76.3 Å². The van der Waals surface area contributed by atoms with E-state index >= 15 is 0 Å². The molecule has 1 saturated heterocycles. The van der Waals surface area contributed by atoms with Gasteiger partial charge in [-0.2, -0.15) is 0 Å². The second kappa shape index (κ2) is 9.60. The lowest BCUT2D eigenvalue weighted by molar-refractivity contribution is -0.123. The highest BCUT2D eigenvalue weighted by Crippen LogP contribution is 2.38. The van der Waals surface area contributed by atoms with Gasteiger partial charge in [0.15, 0.2) is 0 Å². The fraction of sp³-hybridized carbons (Fsp3) is 0.944. The van der Waals surface area contributed by atoms with Crippen LogP contribution in [0.4, 0.5) is 0 Å². The predicted molar refractivity (Wildman–Crippen MR) is 93.3 cm³/mol. The summed E-state index contributed by atoms with van der Waals surface area (Å²) in [6.07, 6.45) is 9.88. The van der Waals surface area contributed by atoms with Gasteiger partial charge in [0, 0.05) is 31.1 Å². The van der Waals surface area contributed by atoms with E-state index in [1.807, 2.05) is 0 Å². The second-order valence-corrected chi connectivity index (χ2v) is 7.15. The Labute approximate surface area is 141 Å². The average molecular weight is 325 g/mol. The molecular weight excluding hydrogens is 290 g/mol. The minimum absolute atomic E-state index is 0.152. The van der Waals surface area contributed by atoms with Gasteiger partial charge in [0.25, 0.3) is 0 Å². The molecule has 1 atom stereocenters. The molecule has 3 N–H and O–H groups in total. The SMILES string of the molecule is CC(NC(=O)CCCCCCN)C1(N2CCOCC2)CCCC1. The fourth-order valence-electron chi connectivity index (χ4n) is 4.25. The van der Waals surface area contributed by atoms with Gasteiger partial charge < -0.3 is 15.8 Å². The van der Waals surface area contributed by atoms with Crippen LogP contribution in [-0.4, -0.2) is 55.2 Å². The monoisotopic (exact) mass is 325 g/mol. The van der Waals surface area contributed by atoms with Crippen molar-refractivity contribution in [3.8, 4) is 0 Å². The van der Waals surface area contributed by atoms with Crippen LogP contribution in [-0.2, 0) is 9.53 Å². The highest BCUT2D eigenvalue weighted by Gasteiger charge is 2.44. The van der Waals surface area contributed by atoms with Crippen molar-refractivity contribution in [2.24, 2.45) is 5.73 Å². The molecule has 0 aromatic carbocycles. The summed E-state index contributed by atoms with van der Waals surface area (Å²) in [4.78, 5) is 14.9. The summed E-state index contributed by atoms with van der Waals surface area (Å²) in [5, 5.41) is 3.30. The van der Waals surface area contributed by atoms with E-state index in [4.69, 9.17) is 10.5 Å². The first-order chi connectivity index (χ1) is 11.2. The molecule has 1 amide bonds. The van der Waals surface area contributed by atoms with Crippen LogP contribution >= 0.6 is 0 Å². The van der Waals surface area contributed by atoms with E-state index in [9.17, 15) is 4.79 Å². The van der Waals surface area contributed by atoms with E-state index in [0.29, 0.717) is 6.42 Å². The number of nitrogens with two attached hydrogens (primary N) is 1. The van der Waals surface area contributed by atoms with Crippen molar-refractivity contribution in [1.82, 2.24) is 10.2 Å². The van der Waals surface area contributed by atoms with Gasteiger partial charge in [0.05, 0.1) is 13.2 Å². The van der Waals surface area contributed by atoms with Gasteiger partial charge in [0.1, 0.15) is 0 Å². The minimum atomic E-state index is 0.152. The van der Waals surface area contributed by atoms with E-state index in [-0.39, 0.29) is 17.5 Å². The maximum atomic E-state index is 12.3. The van der Waals surface area contributed by atoms with Crippen molar-refractivity contribution in [3.63, 3.8) is 0 Å². The second-order valence-electron chi connectivity index (χ2n) is 7.15. The number of carbonyl (C=O) groups is 1. The minimum Gasteiger partial charge on any atom is -0.379 e. The molecule has 1 heterocycles. The third-order valence-corrected chi connectivity index (χ3v) is 5.65. The number of hydrogen-bond donors (Lipinski definition) is 2. The highest BCUT2D eigenvalue weighted by atomic mass is 16.5. The van der Waals surface area contributed by atoms with Crippen molar-refractivity contribution in [3.05, 3.63) is 0 Å². The van der Waals surface area contributed by atoms with E-state index in [1.165, 1.54) is 25.7 Å². The molecule has 2 fully saturated rings. The molecule has 1 aliphatic carbocycles. The smallest absolute Gasteiger partial charge is 0.220 e. The first-order valence-electron chi connectivity index (χ1n) is 9.51. The molecule has 5 heteroatoms. The zero-order valence-electron chi connectivity index (χ0n) is 14.8. The molecule has 0 radical (unpaired) electrons. The third kappa shape index (κ3) is 5.16. The summed E-state index contributed by atoms with van der Waals surface area (Å²) in [7, 11) is 0. The van der Waals surface area contributed by atoms with Crippen LogP contribution in [0.25, 0.3) is 0 Å². The molecule has 2 rings (SSSR count). The number of carbonyl (C=O) groups excluding carboxylic acids is 1. The summed E-state index contributed by atoms with van der Waals surface area (Å²) < 4.78 is 5.51. The normalized spacial score (nSPS) is 22.9. The van der Waals surface area contributed by atoms with Crippen molar-refractivity contribution in [1.29, 1.82) is 0 Å². The Kier molecular flexibility index (Phi) is 7.80. The van der Waals surface area contributed by atoms with Crippen molar-refractivity contribution >= 4 is 5.91 Å². The first kappa shape index (κ1) is 18.7. The van der Waals surface area contributed by atoms with E-state index in [2.05, 4.69) is 17.1 Å². The van der Waals surface area contributed by atoms with Crippen molar-refractivity contribution < 1.29 is 9.53 Å². The largest absolute Gasteiger partial charge is 0.379 e. The number of rotatable bonds is 9. The number of ether oxygens (including phenoxy) is 1. The van der Waals surface area contributed by atoms with E-state index in [1.54, 1.807) is 0 Å². The maximum Gasteiger partial charge on any atom is 0.220 e. The summed E-state index contributed by atoms with van der Waals surface area (Å²) in [6.45, 7) is 6.60. The lowest BCUT2D eigenvalue weighted by Crippen LogP contribution is -2.62. The molecule has 0 aromatic rings. The Balaban J connectivity index is 1.81. The van der Waals surface area contributed by atoms with Gasteiger partial charge in [-0.15, -0.1) is 0 Å². The number of nitrogens with one attached hydrogen (secondary N) is 1. The summed E-state index contributed by atoms with van der Waals surface area (Å²) in [5.41, 5.74) is 5.65. The lowest BCUT2D eigenvalue weighted by Gasteiger charge is -2.47. The lowest BCUT2D eigenvalue weighted by atomic mass is 9.86. The zero-order valence-corrected chi connectivity index (χ0v) is 14.8. The van der Waals surface area contributed by atoms with E-state index < -0.39 is 0 Å². The Morgan fingerprint density at radius 2 is 1.83 bits per heavy atom. The number of unbranched alkanes of at least 4 members (excludes halogenated alkanes) is 3. The number of amides is 1. The van der Waals surface area contributed by atoms with Crippen LogP contribution in [0, 0.1) is 0 Å². The van der Waals surface area contributed by atoms with Crippen LogP contribution in [0.2, 0.25) is 0 Å². The van der Waals surface area contributed by atoms with Gasteiger partial charge in [-0.05, 0) is 39.2 Å². The molecule has 1 aliphatic heterocycles. The van der Waals surface area contributed by atoms with Gasteiger partial charge >= 0.3 is 0 Å². The number of morpholine rings is 1. The summed E-state index contributed by atoms with van der Waals surface area (Å²) >= 11 is 0. The Morgan fingerprint density at radius 1 is 1.17 bits per heavy atom. The molecule has 23 heavy (non-hydrogen) atoms. The molecule has 5 nitrogen and oxygen atoms in total. The molecule has 0 bridgehead atoms. The molecule has 0 spiro atoms. The predicted octanol–water partition coefficient (Wildman–Crippen LogP) is 2.05. The standard InChI is InChI=1S/C18H35N3O2/c1-16(20-17(22)8-4-2-3-7-11-19)18(9-5-6-10-18)21-12-14-23-15-13-21/h16H,2-15,19H2,1H3,(H,20,22). The first-order valence-corrected chi connectivity index (χ1v) is 9.51. The highest BCUT2D eigenvalue weighted by molar-refractivity contribution is 5.76. The number of nitrogens with zero attached hydrogens (tertiary/aromatic N) is 1. The molecular formula is C18H35N3O2. The fourth-order valence-corrected chi connectivity index (χ4v) is 4.25. The molecule has 1 unspecified atom stereocenters. The van der Waals surface area contributed by atoms with Crippen LogP contribution in [0.5, 0.6) is 0 Å². The molecule has 134 valence electrons.